The van der Waals surface area contributed by atoms with Crippen LogP contribution in [0.4, 0.5) is 0 Å². The second-order valence-electron chi connectivity index (χ2n) is 5.04. The van der Waals surface area contributed by atoms with Crippen LogP contribution in [-0.2, 0) is 4.79 Å². The molecule has 0 aromatic rings. The third kappa shape index (κ3) is 3.78. The van der Waals surface area contributed by atoms with Crippen molar-refractivity contribution in [2.45, 2.75) is 58.4 Å². The van der Waals surface area contributed by atoms with E-state index in [2.05, 4.69) is 12.2 Å². The standard InChI is InChI=1S/C13H26N2O/c1-4-15(5-2)12(16)11-14-13(3)9-7-6-8-10-13/h14H,4-11H2,1-3H3. The predicted octanol–water partition coefficient (Wildman–Crippen LogP) is 2.17. The Labute approximate surface area is 99.6 Å². The van der Waals surface area contributed by atoms with Crippen LogP contribution in [-0.4, -0.2) is 36.0 Å². The molecule has 1 aliphatic carbocycles. The van der Waals surface area contributed by atoms with Gasteiger partial charge in [-0.25, -0.2) is 0 Å². The first-order chi connectivity index (χ1) is 7.61. The maximum atomic E-state index is 11.9. The van der Waals surface area contributed by atoms with E-state index in [1.165, 1.54) is 32.1 Å². The lowest BCUT2D eigenvalue weighted by atomic mass is 9.83. The van der Waals surface area contributed by atoms with Crippen LogP contribution in [0.15, 0.2) is 0 Å². The quantitative estimate of drug-likeness (QED) is 0.779. The monoisotopic (exact) mass is 226 g/mol. The highest BCUT2D eigenvalue weighted by Gasteiger charge is 2.26. The molecular formula is C13H26N2O. The number of hydrogen-bond acceptors (Lipinski definition) is 2. The molecule has 16 heavy (non-hydrogen) atoms. The Hall–Kier alpha value is -0.570. The number of amides is 1. The number of nitrogens with one attached hydrogen (secondary N) is 1. The minimum Gasteiger partial charge on any atom is -0.342 e. The van der Waals surface area contributed by atoms with Crippen molar-refractivity contribution >= 4 is 5.91 Å². The van der Waals surface area contributed by atoms with Gasteiger partial charge in [0, 0.05) is 18.6 Å². The van der Waals surface area contributed by atoms with E-state index in [4.69, 9.17) is 0 Å². The molecule has 0 bridgehead atoms. The van der Waals surface area contributed by atoms with E-state index in [-0.39, 0.29) is 11.4 Å². The van der Waals surface area contributed by atoms with Crippen LogP contribution in [0.1, 0.15) is 52.9 Å². The Morgan fingerprint density at radius 1 is 1.19 bits per heavy atom. The number of likely N-dealkylation sites (N-methyl/N-ethyl adjacent to an activating group) is 1. The second kappa shape index (κ2) is 6.24. The third-order valence-corrected chi connectivity index (χ3v) is 3.74. The molecule has 0 radical (unpaired) electrons. The molecule has 0 aliphatic heterocycles. The topological polar surface area (TPSA) is 32.3 Å². The number of nitrogens with zero attached hydrogens (tertiary/aromatic N) is 1. The third-order valence-electron chi connectivity index (χ3n) is 3.74. The van der Waals surface area contributed by atoms with Gasteiger partial charge in [0.05, 0.1) is 6.54 Å². The van der Waals surface area contributed by atoms with Gasteiger partial charge in [0.25, 0.3) is 0 Å². The smallest absolute Gasteiger partial charge is 0.236 e. The van der Waals surface area contributed by atoms with E-state index in [0.29, 0.717) is 6.54 Å². The van der Waals surface area contributed by atoms with Gasteiger partial charge in [-0.2, -0.15) is 0 Å². The van der Waals surface area contributed by atoms with E-state index in [1.54, 1.807) is 0 Å². The minimum absolute atomic E-state index is 0.195. The summed E-state index contributed by atoms with van der Waals surface area (Å²) < 4.78 is 0. The zero-order chi connectivity index (χ0) is 12.0. The summed E-state index contributed by atoms with van der Waals surface area (Å²) in [5, 5.41) is 3.46. The molecule has 1 saturated carbocycles. The van der Waals surface area contributed by atoms with Crippen molar-refractivity contribution in [1.82, 2.24) is 10.2 Å². The Morgan fingerprint density at radius 3 is 2.25 bits per heavy atom. The van der Waals surface area contributed by atoms with Crippen LogP contribution in [0.5, 0.6) is 0 Å². The zero-order valence-corrected chi connectivity index (χ0v) is 11.0. The molecule has 1 aliphatic rings. The van der Waals surface area contributed by atoms with Gasteiger partial charge in [-0.15, -0.1) is 0 Å². The predicted molar refractivity (Wildman–Crippen MR) is 67.4 cm³/mol. The summed E-state index contributed by atoms with van der Waals surface area (Å²) >= 11 is 0. The van der Waals surface area contributed by atoms with Crippen molar-refractivity contribution in [2.24, 2.45) is 0 Å². The fraction of sp³-hybridized carbons (Fsp3) is 0.923. The summed E-state index contributed by atoms with van der Waals surface area (Å²) in [5.74, 6) is 0.233. The summed E-state index contributed by atoms with van der Waals surface area (Å²) in [5.41, 5.74) is 0.195. The molecule has 3 heteroatoms. The Kier molecular flexibility index (Phi) is 5.26. The molecule has 0 saturated heterocycles. The van der Waals surface area contributed by atoms with Gasteiger partial charge in [-0.3, -0.25) is 4.79 Å². The van der Waals surface area contributed by atoms with Crippen molar-refractivity contribution in [3.05, 3.63) is 0 Å². The maximum Gasteiger partial charge on any atom is 0.236 e. The summed E-state index contributed by atoms with van der Waals surface area (Å²) in [6.07, 6.45) is 6.35. The van der Waals surface area contributed by atoms with Crippen LogP contribution in [0.3, 0.4) is 0 Å². The largest absolute Gasteiger partial charge is 0.342 e. The molecule has 0 unspecified atom stereocenters. The van der Waals surface area contributed by atoms with E-state index in [1.807, 2.05) is 18.7 Å². The summed E-state index contributed by atoms with van der Waals surface area (Å²) in [6, 6.07) is 0. The molecule has 94 valence electrons. The molecule has 0 aromatic carbocycles. The van der Waals surface area contributed by atoms with Gasteiger partial charge in [0.2, 0.25) is 5.91 Å². The summed E-state index contributed by atoms with van der Waals surface area (Å²) in [4.78, 5) is 13.7. The summed E-state index contributed by atoms with van der Waals surface area (Å²) in [7, 11) is 0. The molecule has 1 fully saturated rings. The lowest BCUT2D eigenvalue weighted by Gasteiger charge is -2.35. The van der Waals surface area contributed by atoms with Gasteiger partial charge >= 0.3 is 0 Å². The molecule has 0 atom stereocenters. The highest BCUT2D eigenvalue weighted by Crippen LogP contribution is 2.27. The molecule has 1 N–H and O–H groups in total. The van der Waals surface area contributed by atoms with E-state index >= 15 is 0 Å². The van der Waals surface area contributed by atoms with Gasteiger partial charge in [0.1, 0.15) is 0 Å². The summed E-state index contributed by atoms with van der Waals surface area (Å²) in [6.45, 7) is 8.44. The van der Waals surface area contributed by atoms with E-state index in [0.717, 1.165) is 13.1 Å². The Bertz CT molecular complexity index is 218. The first-order valence-corrected chi connectivity index (χ1v) is 6.64. The van der Waals surface area contributed by atoms with Gasteiger partial charge in [-0.1, -0.05) is 19.3 Å². The van der Waals surface area contributed by atoms with Crippen molar-refractivity contribution in [3.8, 4) is 0 Å². The van der Waals surface area contributed by atoms with Crippen molar-refractivity contribution in [2.75, 3.05) is 19.6 Å². The van der Waals surface area contributed by atoms with Crippen LogP contribution in [0.2, 0.25) is 0 Å². The molecule has 3 nitrogen and oxygen atoms in total. The van der Waals surface area contributed by atoms with Crippen molar-refractivity contribution in [3.63, 3.8) is 0 Å². The zero-order valence-electron chi connectivity index (χ0n) is 11.0. The normalized spacial score (nSPS) is 19.4. The molecule has 0 spiro atoms. The number of rotatable bonds is 5. The van der Waals surface area contributed by atoms with Gasteiger partial charge in [-0.05, 0) is 33.6 Å². The Balaban J connectivity index is 2.35. The van der Waals surface area contributed by atoms with Crippen LogP contribution >= 0.6 is 0 Å². The average molecular weight is 226 g/mol. The van der Waals surface area contributed by atoms with Crippen molar-refractivity contribution in [1.29, 1.82) is 0 Å². The SMILES string of the molecule is CCN(CC)C(=O)CNC1(C)CCCCC1. The molecule has 0 heterocycles. The fourth-order valence-corrected chi connectivity index (χ4v) is 2.49. The second-order valence-corrected chi connectivity index (χ2v) is 5.04. The van der Waals surface area contributed by atoms with E-state index in [9.17, 15) is 4.79 Å². The van der Waals surface area contributed by atoms with Crippen LogP contribution in [0, 0.1) is 0 Å². The highest BCUT2D eigenvalue weighted by molar-refractivity contribution is 5.78. The maximum absolute atomic E-state index is 11.9. The highest BCUT2D eigenvalue weighted by atomic mass is 16.2. The molecule has 0 aromatic heterocycles. The lowest BCUT2D eigenvalue weighted by molar-refractivity contribution is -0.130. The van der Waals surface area contributed by atoms with Gasteiger partial charge in [0.15, 0.2) is 0 Å². The minimum atomic E-state index is 0.195. The first-order valence-electron chi connectivity index (χ1n) is 6.64. The molecular weight excluding hydrogens is 200 g/mol. The average Bonchev–Trinajstić information content (AvgIpc) is 2.29. The number of carbonyl (C=O) groups is 1. The fourth-order valence-electron chi connectivity index (χ4n) is 2.49. The van der Waals surface area contributed by atoms with Gasteiger partial charge < -0.3 is 10.2 Å². The molecule has 1 amide bonds. The van der Waals surface area contributed by atoms with Crippen molar-refractivity contribution < 1.29 is 4.79 Å². The number of hydrogen-bond donors (Lipinski definition) is 1. The van der Waals surface area contributed by atoms with E-state index < -0.39 is 0 Å². The first kappa shape index (κ1) is 13.5. The van der Waals surface area contributed by atoms with Crippen LogP contribution < -0.4 is 5.32 Å². The Morgan fingerprint density at radius 2 is 1.75 bits per heavy atom. The number of carbonyl (C=O) groups excluding carboxylic acids is 1. The molecule has 1 rings (SSSR count). The van der Waals surface area contributed by atoms with Crippen LogP contribution in [0.25, 0.3) is 0 Å². The lowest BCUT2D eigenvalue weighted by Crippen LogP contribution is -2.49.